The molecule has 0 aromatic carbocycles. The maximum atomic E-state index is 13.6. The molecule has 0 aliphatic heterocycles. The van der Waals surface area contributed by atoms with Gasteiger partial charge in [0.2, 0.25) is 0 Å². The molecule has 1 unspecified atom stereocenters. The quantitative estimate of drug-likeness (QED) is 0.481. The van der Waals surface area contributed by atoms with Crippen LogP contribution in [0, 0.1) is 11.3 Å². The third kappa shape index (κ3) is 5.26. The van der Waals surface area contributed by atoms with Crippen LogP contribution in [0.15, 0.2) is 35.7 Å². The molecular formula is C19H29FO. The van der Waals surface area contributed by atoms with Gasteiger partial charge in [-0.1, -0.05) is 51.3 Å². The zero-order valence-electron chi connectivity index (χ0n) is 13.9. The van der Waals surface area contributed by atoms with E-state index in [9.17, 15) is 9.18 Å². The lowest BCUT2D eigenvalue weighted by Crippen LogP contribution is -2.19. The normalized spacial score (nSPS) is 19.9. The SMILES string of the molecule is CCC/C=C/C(F)=C\C=C(/C)C1(C(=O)CC(C)CC)CC1. The molecular weight excluding hydrogens is 263 g/mol. The van der Waals surface area contributed by atoms with Crippen molar-refractivity contribution < 1.29 is 9.18 Å². The first-order valence-corrected chi connectivity index (χ1v) is 8.20. The van der Waals surface area contributed by atoms with E-state index < -0.39 is 0 Å². The highest BCUT2D eigenvalue weighted by Crippen LogP contribution is 2.53. The van der Waals surface area contributed by atoms with Crippen LogP contribution >= 0.6 is 0 Å². The fourth-order valence-corrected chi connectivity index (χ4v) is 2.46. The number of halogens is 1. The molecule has 0 radical (unpaired) electrons. The van der Waals surface area contributed by atoms with Gasteiger partial charge in [-0.2, -0.15) is 0 Å². The van der Waals surface area contributed by atoms with Crippen molar-refractivity contribution in [2.24, 2.45) is 11.3 Å². The summed E-state index contributed by atoms with van der Waals surface area (Å²) in [6.45, 7) is 8.25. The summed E-state index contributed by atoms with van der Waals surface area (Å²) in [4.78, 5) is 12.4. The topological polar surface area (TPSA) is 17.1 Å². The summed E-state index contributed by atoms with van der Waals surface area (Å²) >= 11 is 0. The average Bonchev–Trinajstić information content (AvgIpc) is 3.26. The van der Waals surface area contributed by atoms with Crippen molar-refractivity contribution in [1.29, 1.82) is 0 Å². The van der Waals surface area contributed by atoms with Gasteiger partial charge in [-0.05, 0) is 44.3 Å². The van der Waals surface area contributed by atoms with Gasteiger partial charge in [0, 0.05) is 11.8 Å². The van der Waals surface area contributed by atoms with Gasteiger partial charge in [-0.3, -0.25) is 4.79 Å². The molecule has 0 aromatic heterocycles. The molecule has 21 heavy (non-hydrogen) atoms. The van der Waals surface area contributed by atoms with E-state index in [0.29, 0.717) is 18.1 Å². The Morgan fingerprint density at radius 2 is 1.95 bits per heavy atom. The van der Waals surface area contributed by atoms with E-state index in [4.69, 9.17) is 0 Å². The first-order valence-electron chi connectivity index (χ1n) is 8.20. The van der Waals surface area contributed by atoms with Crippen LogP contribution < -0.4 is 0 Å². The Labute approximate surface area is 129 Å². The van der Waals surface area contributed by atoms with Crippen molar-refractivity contribution in [3.8, 4) is 0 Å². The van der Waals surface area contributed by atoms with E-state index in [1.807, 2.05) is 13.0 Å². The van der Waals surface area contributed by atoms with Gasteiger partial charge in [-0.25, -0.2) is 4.39 Å². The second-order valence-electron chi connectivity index (χ2n) is 6.32. The summed E-state index contributed by atoms with van der Waals surface area (Å²) in [5.74, 6) is 0.529. The Morgan fingerprint density at radius 3 is 2.48 bits per heavy atom. The average molecular weight is 292 g/mol. The Hall–Kier alpha value is -1.18. The number of carbonyl (C=O) groups is 1. The standard InChI is InChI=1S/C19H29FO/c1-5-7-8-9-17(20)11-10-16(4)19(12-13-19)18(21)14-15(3)6-2/h8-11,15H,5-7,12-14H2,1-4H3/b9-8+,16-10+,17-11+. The predicted octanol–water partition coefficient (Wildman–Crippen LogP) is 5.93. The van der Waals surface area contributed by atoms with E-state index in [-0.39, 0.29) is 11.2 Å². The van der Waals surface area contributed by atoms with Gasteiger partial charge in [-0.15, -0.1) is 0 Å². The number of rotatable bonds is 9. The van der Waals surface area contributed by atoms with Crippen molar-refractivity contribution in [2.45, 2.75) is 66.2 Å². The molecule has 0 saturated heterocycles. The second kappa shape index (κ2) is 8.31. The lowest BCUT2D eigenvalue weighted by Gasteiger charge is -2.17. The fourth-order valence-electron chi connectivity index (χ4n) is 2.46. The minimum absolute atomic E-state index is 0.243. The molecule has 1 rings (SSSR count). The van der Waals surface area contributed by atoms with Crippen molar-refractivity contribution in [3.63, 3.8) is 0 Å². The third-order valence-electron chi connectivity index (χ3n) is 4.49. The predicted molar refractivity (Wildman–Crippen MR) is 87.7 cm³/mol. The second-order valence-corrected chi connectivity index (χ2v) is 6.32. The number of hydrogen-bond donors (Lipinski definition) is 0. The highest BCUT2D eigenvalue weighted by atomic mass is 19.1. The summed E-state index contributed by atoms with van der Waals surface area (Å²) in [7, 11) is 0. The van der Waals surface area contributed by atoms with E-state index in [2.05, 4.69) is 20.8 Å². The number of allylic oxidation sites excluding steroid dienone is 6. The molecule has 0 aromatic rings. The number of unbranched alkanes of at least 4 members (excludes halogenated alkanes) is 1. The van der Waals surface area contributed by atoms with E-state index >= 15 is 0 Å². The Balaban J connectivity index is 2.68. The van der Waals surface area contributed by atoms with Crippen LogP contribution in [-0.4, -0.2) is 5.78 Å². The van der Waals surface area contributed by atoms with Crippen LogP contribution in [0.2, 0.25) is 0 Å². The Kier molecular flexibility index (Phi) is 7.07. The molecule has 0 spiro atoms. The lowest BCUT2D eigenvalue weighted by atomic mass is 9.86. The first-order chi connectivity index (χ1) is 9.96. The highest BCUT2D eigenvalue weighted by Gasteiger charge is 2.50. The summed E-state index contributed by atoms with van der Waals surface area (Å²) in [6.07, 6.45) is 12.0. The fraction of sp³-hybridized carbons (Fsp3) is 0.632. The van der Waals surface area contributed by atoms with Gasteiger partial charge in [0.25, 0.3) is 0 Å². The summed E-state index contributed by atoms with van der Waals surface area (Å²) in [6, 6.07) is 0. The molecule has 1 fully saturated rings. The zero-order valence-corrected chi connectivity index (χ0v) is 13.9. The molecule has 0 N–H and O–H groups in total. The smallest absolute Gasteiger partial charge is 0.143 e. The van der Waals surface area contributed by atoms with Crippen LogP contribution in [0.3, 0.4) is 0 Å². The summed E-state index contributed by atoms with van der Waals surface area (Å²) in [5.41, 5.74) is 0.725. The van der Waals surface area contributed by atoms with Gasteiger partial charge in [0.05, 0.1) is 0 Å². The summed E-state index contributed by atoms with van der Waals surface area (Å²) < 4.78 is 13.6. The van der Waals surface area contributed by atoms with E-state index in [1.54, 1.807) is 6.08 Å². The van der Waals surface area contributed by atoms with Gasteiger partial charge >= 0.3 is 0 Å². The lowest BCUT2D eigenvalue weighted by molar-refractivity contribution is -0.123. The molecule has 1 nitrogen and oxygen atoms in total. The monoisotopic (exact) mass is 292 g/mol. The van der Waals surface area contributed by atoms with Crippen molar-refractivity contribution in [1.82, 2.24) is 0 Å². The Morgan fingerprint density at radius 1 is 1.29 bits per heavy atom. The highest BCUT2D eigenvalue weighted by molar-refractivity contribution is 5.90. The minimum Gasteiger partial charge on any atom is -0.299 e. The van der Waals surface area contributed by atoms with Crippen molar-refractivity contribution >= 4 is 5.78 Å². The molecule has 1 aliphatic rings. The maximum absolute atomic E-state index is 13.6. The van der Waals surface area contributed by atoms with E-state index in [0.717, 1.165) is 37.7 Å². The molecule has 2 heteroatoms. The number of Topliss-reactive ketones (excluding diaryl/α,β-unsaturated/α-hetero) is 1. The van der Waals surface area contributed by atoms with Crippen molar-refractivity contribution in [2.75, 3.05) is 0 Å². The number of ketones is 1. The Bertz CT molecular complexity index is 438. The van der Waals surface area contributed by atoms with Crippen LogP contribution in [0.5, 0.6) is 0 Å². The number of hydrogen-bond acceptors (Lipinski definition) is 1. The van der Waals surface area contributed by atoms with E-state index in [1.165, 1.54) is 12.2 Å². The van der Waals surface area contributed by atoms with Crippen LogP contribution in [0.25, 0.3) is 0 Å². The molecule has 1 aliphatic carbocycles. The first kappa shape index (κ1) is 17.9. The minimum atomic E-state index is -0.284. The molecule has 0 bridgehead atoms. The van der Waals surface area contributed by atoms with Gasteiger partial charge in [0.1, 0.15) is 11.6 Å². The molecule has 1 atom stereocenters. The van der Waals surface area contributed by atoms with Crippen LogP contribution in [-0.2, 0) is 4.79 Å². The molecule has 1 saturated carbocycles. The maximum Gasteiger partial charge on any atom is 0.143 e. The number of carbonyl (C=O) groups excluding carboxylic acids is 1. The summed E-state index contributed by atoms with van der Waals surface area (Å²) in [5, 5.41) is 0. The van der Waals surface area contributed by atoms with Gasteiger partial charge < -0.3 is 0 Å². The molecule has 0 amide bonds. The zero-order chi connectivity index (χ0) is 15.9. The van der Waals surface area contributed by atoms with Gasteiger partial charge in [0.15, 0.2) is 0 Å². The third-order valence-corrected chi connectivity index (χ3v) is 4.49. The molecule has 118 valence electrons. The molecule has 0 heterocycles. The van der Waals surface area contributed by atoms with Crippen molar-refractivity contribution in [3.05, 3.63) is 35.7 Å². The largest absolute Gasteiger partial charge is 0.299 e. The van der Waals surface area contributed by atoms with Crippen LogP contribution in [0.4, 0.5) is 4.39 Å². The van der Waals surface area contributed by atoms with Crippen LogP contribution in [0.1, 0.15) is 66.2 Å².